The molecule has 3 heterocycles. The molecule has 0 unspecified atom stereocenters. The SMILES string of the molecule is CSCC[C@@H](Nc1nc(Nc2cnc(C)c(-n3nccn3)c2)c(C#N)cc1F)[C@H](C)NC(=O)OC(C)(C)C. The van der Waals surface area contributed by atoms with Crippen LogP contribution in [0.2, 0.25) is 0 Å². The van der Waals surface area contributed by atoms with Crippen LogP contribution in [-0.2, 0) is 4.74 Å². The molecule has 13 heteroatoms. The molecule has 202 valence electrons. The number of rotatable bonds is 10. The van der Waals surface area contributed by atoms with Crippen molar-refractivity contribution in [3.8, 4) is 11.8 Å². The molecule has 38 heavy (non-hydrogen) atoms. The number of hydrogen-bond donors (Lipinski definition) is 3. The Hall–Kier alpha value is -3.92. The highest BCUT2D eigenvalue weighted by molar-refractivity contribution is 7.98. The lowest BCUT2D eigenvalue weighted by Crippen LogP contribution is -2.47. The largest absolute Gasteiger partial charge is 0.444 e. The summed E-state index contributed by atoms with van der Waals surface area (Å²) in [5, 5.41) is 26.9. The highest BCUT2D eigenvalue weighted by Gasteiger charge is 2.24. The number of nitrogens with one attached hydrogen (secondary N) is 3. The minimum atomic E-state index is -0.686. The standard InChI is InChI=1S/C25H32FN9O2S/c1-15(31-24(36)37-25(3,4)5)20(7-10-38-6)33-23-19(26)11-17(13-27)22(34-23)32-18-12-21(16(2)28-14-18)35-29-8-9-30-35/h8-9,11-12,14-15,20H,7,10H2,1-6H3,(H,31,36)(H2,32,33,34)/t15-,20+/m0/s1. The van der Waals surface area contributed by atoms with E-state index in [1.165, 1.54) is 4.80 Å². The number of hydrogen-bond acceptors (Lipinski definition) is 10. The Morgan fingerprint density at radius 3 is 2.61 bits per heavy atom. The third kappa shape index (κ3) is 7.79. The van der Waals surface area contributed by atoms with Crippen LogP contribution < -0.4 is 16.0 Å². The molecular formula is C25H32FN9O2S. The topological polar surface area (TPSA) is 143 Å². The third-order valence-electron chi connectivity index (χ3n) is 5.36. The average molecular weight is 542 g/mol. The number of nitrogens with zero attached hydrogens (tertiary/aromatic N) is 6. The van der Waals surface area contributed by atoms with E-state index >= 15 is 4.39 Å². The van der Waals surface area contributed by atoms with Crippen molar-refractivity contribution < 1.29 is 13.9 Å². The van der Waals surface area contributed by atoms with E-state index in [9.17, 15) is 10.1 Å². The number of pyridine rings is 2. The average Bonchev–Trinajstić information content (AvgIpc) is 3.38. The van der Waals surface area contributed by atoms with E-state index in [0.717, 1.165) is 11.8 Å². The maximum atomic E-state index is 15.0. The number of thioether (sulfide) groups is 1. The number of halogens is 1. The Morgan fingerprint density at radius 1 is 1.26 bits per heavy atom. The van der Waals surface area contributed by atoms with Gasteiger partial charge in [-0.3, -0.25) is 4.98 Å². The van der Waals surface area contributed by atoms with Gasteiger partial charge in [0.25, 0.3) is 0 Å². The predicted octanol–water partition coefficient (Wildman–Crippen LogP) is 4.57. The third-order valence-corrected chi connectivity index (χ3v) is 6.00. The molecule has 0 radical (unpaired) electrons. The molecule has 3 aromatic heterocycles. The van der Waals surface area contributed by atoms with Crippen LogP contribution in [0.4, 0.5) is 26.5 Å². The van der Waals surface area contributed by atoms with Crippen molar-refractivity contribution in [3.05, 3.63) is 47.8 Å². The smallest absolute Gasteiger partial charge is 0.407 e. The lowest BCUT2D eigenvalue weighted by molar-refractivity contribution is 0.0503. The van der Waals surface area contributed by atoms with E-state index in [1.807, 2.05) is 26.2 Å². The molecule has 11 nitrogen and oxygen atoms in total. The molecule has 0 fully saturated rings. The van der Waals surface area contributed by atoms with Crippen molar-refractivity contribution >= 4 is 35.2 Å². The first-order valence-corrected chi connectivity index (χ1v) is 13.4. The van der Waals surface area contributed by atoms with Crippen molar-refractivity contribution in [1.29, 1.82) is 5.26 Å². The van der Waals surface area contributed by atoms with E-state index in [2.05, 4.69) is 36.1 Å². The van der Waals surface area contributed by atoms with Gasteiger partial charge in [0, 0.05) is 12.1 Å². The number of alkyl carbamates (subject to hydrolysis) is 1. The Bertz CT molecular complexity index is 1290. The maximum absolute atomic E-state index is 15.0. The molecule has 0 spiro atoms. The van der Waals surface area contributed by atoms with Gasteiger partial charge in [-0.25, -0.2) is 14.2 Å². The summed E-state index contributed by atoms with van der Waals surface area (Å²) in [6.07, 6.45) is 6.71. The van der Waals surface area contributed by atoms with Crippen molar-refractivity contribution in [3.63, 3.8) is 0 Å². The zero-order valence-electron chi connectivity index (χ0n) is 22.2. The second-order valence-corrected chi connectivity index (χ2v) is 10.6. The van der Waals surface area contributed by atoms with E-state index in [4.69, 9.17) is 4.74 Å². The van der Waals surface area contributed by atoms with E-state index in [0.29, 0.717) is 23.5 Å². The summed E-state index contributed by atoms with van der Waals surface area (Å²) in [4.78, 5) is 22.5. The number of anilines is 3. The molecule has 0 bridgehead atoms. The number of aryl methyl sites for hydroxylation is 1. The molecular weight excluding hydrogens is 509 g/mol. The maximum Gasteiger partial charge on any atom is 0.407 e. The quantitative estimate of drug-likeness (QED) is 0.334. The number of nitriles is 1. The fourth-order valence-corrected chi connectivity index (χ4v) is 3.99. The summed E-state index contributed by atoms with van der Waals surface area (Å²) < 4.78 is 20.4. The molecule has 1 amide bonds. The molecule has 2 atom stereocenters. The fraction of sp³-hybridized carbons (Fsp3) is 0.440. The zero-order valence-corrected chi connectivity index (χ0v) is 23.1. The van der Waals surface area contributed by atoms with Gasteiger partial charge in [-0.1, -0.05) is 0 Å². The molecule has 0 aliphatic rings. The predicted molar refractivity (Wildman–Crippen MR) is 145 cm³/mol. The van der Waals surface area contributed by atoms with Crippen LogP contribution in [0.5, 0.6) is 0 Å². The van der Waals surface area contributed by atoms with Crippen LogP contribution in [-0.4, -0.2) is 60.7 Å². The number of amides is 1. The monoisotopic (exact) mass is 541 g/mol. The van der Waals surface area contributed by atoms with Crippen molar-refractivity contribution in [2.24, 2.45) is 0 Å². The Labute approximate surface area is 225 Å². The minimum absolute atomic E-state index is 0.0213. The van der Waals surface area contributed by atoms with Gasteiger partial charge in [0.15, 0.2) is 17.5 Å². The van der Waals surface area contributed by atoms with Crippen LogP contribution in [0.15, 0.2) is 30.7 Å². The summed E-state index contributed by atoms with van der Waals surface area (Å²) in [5.41, 5.74) is 1.23. The molecule has 0 saturated heterocycles. The van der Waals surface area contributed by atoms with Gasteiger partial charge in [0.2, 0.25) is 0 Å². The van der Waals surface area contributed by atoms with Crippen molar-refractivity contribution in [2.45, 2.75) is 58.7 Å². The summed E-state index contributed by atoms with van der Waals surface area (Å²) in [5.74, 6) is 0.178. The zero-order chi connectivity index (χ0) is 27.9. The summed E-state index contributed by atoms with van der Waals surface area (Å²) >= 11 is 1.63. The number of carbonyl (C=O) groups is 1. The second kappa shape index (κ2) is 12.6. The number of carbonyl (C=O) groups excluding carboxylic acids is 1. The van der Waals surface area contributed by atoms with Gasteiger partial charge in [-0.2, -0.15) is 27.2 Å². The highest BCUT2D eigenvalue weighted by atomic mass is 32.2. The second-order valence-electron chi connectivity index (χ2n) is 9.57. The van der Waals surface area contributed by atoms with Crippen LogP contribution in [0.3, 0.4) is 0 Å². The Balaban J connectivity index is 1.87. The first-order valence-electron chi connectivity index (χ1n) is 12.0. The summed E-state index contributed by atoms with van der Waals surface area (Å²) in [6, 6.07) is 4.08. The molecule has 0 aromatic carbocycles. The van der Waals surface area contributed by atoms with E-state index < -0.39 is 23.6 Å². The van der Waals surface area contributed by atoms with Gasteiger partial charge in [0.1, 0.15) is 17.4 Å². The van der Waals surface area contributed by atoms with Gasteiger partial charge in [-0.15, -0.1) is 4.80 Å². The Kier molecular flexibility index (Phi) is 9.46. The summed E-state index contributed by atoms with van der Waals surface area (Å²) in [6.45, 7) is 8.98. The minimum Gasteiger partial charge on any atom is -0.444 e. The lowest BCUT2D eigenvalue weighted by Gasteiger charge is -2.28. The Morgan fingerprint density at radius 2 is 1.97 bits per heavy atom. The van der Waals surface area contributed by atoms with Gasteiger partial charge in [0.05, 0.1) is 35.5 Å². The van der Waals surface area contributed by atoms with E-state index in [-0.39, 0.29) is 23.2 Å². The fourth-order valence-electron chi connectivity index (χ4n) is 3.50. The van der Waals surface area contributed by atoms with Crippen LogP contribution in [0, 0.1) is 24.1 Å². The number of ether oxygens (including phenoxy) is 1. The van der Waals surface area contributed by atoms with Crippen molar-refractivity contribution in [1.82, 2.24) is 30.3 Å². The molecule has 3 rings (SSSR count). The van der Waals surface area contributed by atoms with Gasteiger partial charge in [-0.05, 0) is 65.2 Å². The molecule has 0 saturated carbocycles. The molecule has 0 aliphatic carbocycles. The van der Waals surface area contributed by atoms with Gasteiger partial charge < -0.3 is 20.7 Å². The van der Waals surface area contributed by atoms with E-state index in [1.54, 1.807) is 57.2 Å². The molecule has 0 aliphatic heterocycles. The van der Waals surface area contributed by atoms with Crippen LogP contribution in [0.1, 0.15) is 45.4 Å². The molecule has 3 N–H and O–H groups in total. The number of aromatic nitrogens is 5. The first-order chi connectivity index (χ1) is 18.0. The van der Waals surface area contributed by atoms with Crippen LogP contribution >= 0.6 is 11.8 Å². The van der Waals surface area contributed by atoms with Gasteiger partial charge >= 0.3 is 6.09 Å². The highest BCUT2D eigenvalue weighted by Crippen LogP contribution is 2.26. The first kappa shape index (κ1) is 28.6. The van der Waals surface area contributed by atoms with Crippen molar-refractivity contribution in [2.75, 3.05) is 22.6 Å². The normalized spacial score (nSPS) is 12.8. The lowest BCUT2D eigenvalue weighted by atomic mass is 10.1. The molecule has 3 aromatic rings. The van der Waals surface area contributed by atoms with Crippen LogP contribution in [0.25, 0.3) is 5.69 Å². The summed E-state index contributed by atoms with van der Waals surface area (Å²) in [7, 11) is 0.